The van der Waals surface area contributed by atoms with E-state index in [1.54, 1.807) is 18.8 Å². The zero-order chi connectivity index (χ0) is 12.8. The molecule has 0 bridgehead atoms. The van der Waals surface area contributed by atoms with Gasteiger partial charge in [-0.15, -0.1) is 17.0 Å². The van der Waals surface area contributed by atoms with Crippen molar-refractivity contribution in [1.29, 1.82) is 0 Å². The number of hydrogen-bond donors (Lipinski definition) is 1. The van der Waals surface area contributed by atoms with Crippen LogP contribution in [0.2, 0.25) is 0 Å². The van der Waals surface area contributed by atoms with Crippen LogP contribution in [0.1, 0.15) is 71.1 Å². The second-order valence-corrected chi connectivity index (χ2v) is 5.71. The Morgan fingerprint density at radius 2 is 1.33 bits per heavy atom. The number of nitrogens with two attached hydrogens (primary N) is 1. The van der Waals surface area contributed by atoms with Gasteiger partial charge in [0.25, 0.3) is 0 Å². The highest BCUT2D eigenvalue weighted by Gasteiger charge is 1.94. The van der Waals surface area contributed by atoms with E-state index < -0.39 is 0 Å². The molecule has 0 aliphatic carbocycles. The maximum absolute atomic E-state index is 5.61. The Morgan fingerprint density at radius 1 is 0.889 bits per heavy atom. The van der Waals surface area contributed by atoms with Gasteiger partial charge in [-0.1, -0.05) is 76.5 Å². The molecule has 0 saturated carbocycles. The summed E-state index contributed by atoms with van der Waals surface area (Å²) >= 11 is 1.68. The fourth-order valence-electron chi connectivity index (χ4n) is 1.83. The maximum atomic E-state index is 5.61. The van der Waals surface area contributed by atoms with Crippen LogP contribution in [-0.2, 0) is 0 Å². The van der Waals surface area contributed by atoms with E-state index in [9.17, 15) is 0 Å². The molecule has 0 aromatic carbocycles. The lowest BCUT2D eigenvalue weighted by atomic mass is 10.1. The number of thioether (sulfide) groups is 1. The minimum Gasteiger partial charge on any atom is -0.379 e. The first-order valence-electron chi connectivity index (χ1n) is 7.16. The van der Waals surface area contributed by atoms with Gasteiger partial charge in [-0.2, -0.15) is 0 Å². The first kappa shape index (κ1) is 20.6. The Hall–Kier alpha value is 0.300. The molecule has 110 valence electrons. The summed E-state index contributed by atoms with van der Waals surface area (Å²) in [4.78, 5) is 3.93. The van der Waals surface area contributed by atoms with Gasteiger partial charge in [-0.25, -0.2) is 0 Å². The summed E-state index contributed by atoms with van der Waals surface area (Å²) in [6.07, 6.45) is 13.9. The fourth-order valence-corrected chi connectivity index (χ4v) is 2.52. The van der Waals surface area contributed by atoms with Gasteiger partial charge in [-0.3, -0.25) is 4.99 Å². The van der Waals surface area contributed by atoms with Crippen molar-refractivity contribution >= 4 is 33.9 Å². The molecular formula is C14H31BrN2S. The van der Waals surface area contributed by atoms with E-state index in [-0.39, 0.29) is 17.0 Å². The van der Waals surface area contributed by atoms with Gasteiger partial charge in [0.15, 0.2) is 5.17 Å². The van der Waals surface area contributed by atoms with E-state index in [1.165, 1.54) is 64.2 Å². The van der Waals surface area contributed by atoms with Crippen molar-refractivity contribution in [3.8, 4) is 0 Å². The third-order valence-electron chi connectivity index (χ3n) is 2.97. The topological polar surface area (TPSA) is 38.4 Å². The van der Waals surface area contributed by atoms with Gasteiger partial charge in [0, 0.05) is 12.8 Å². The van der Waals surface area contributed by atoms with Crippen LogP contribution in [0.25, 0.3) is 0 Å². The second-order valence-electron chi connectivity index (χ2n) is 4.59. The zero-order valence-corrected chi connectivity index (χ0v) is 14.6. The molecule has 0 atom stereocenters. The Balaban J connectivity index is 0. The highest BCUT2D eigenvalue weighted by Crippen LogP contribution is 2.12. The first-order chi connectivity index (χ1) is 8.31. The molecular weight excluding hydrogens is 308 g/mol. The van der Waals surface area contributed by atoms with E-state index in [1.807, 2.05) is 0 Å². The number of amidine groups is 1. The standard InChI is InChI=1S/C14H30N2S.BrH/c1-3-4-5-6-7-8-9-10-11-12-13-17-14(15)16-2;/h3-13H2,1-2H3,(H2,15,16);1H. The van der Waals surface area contributed by atoms with Gasteiger partial charge in [-0.05, 0) is 6.42 Å². The van der Waals surface area contributed by atoms with E-state index in [4.69, 9.17) is 5.73 Å². The third kappa shape index (κ3) is 16.3. The maximum Gasteiger partial charge on any atom is 0.153 e. The normalized spacial score (nSPS) is 11.3. The fraction of sp³-hybridized carbons (Fsp3) is 0.929. The lowest BCUT2D eigenvalue weighted by molar-refractivity contribution is 0.563. The molecule has 0 aromatic heterocycles. The van der Waals surface area contributed by atoms with Crippen molar-refractivity contribution in [2.45, 2.75) is 71.1 Å². The Bertz CT molecular complexity index is 187. The summed E-state index contributed by atoms with van der Waals surface area (Å²) in [5, 5.41) is 0.723. The number of halogens is 1. The zero-order valence-electron chi connectivity index (χ0n) is 12.1. The number of rotatable bonds is 11. The average Bonchev–Trinajstić information content (AvgIpc) is 2.35. The Kier molecular flexibility index (Phi) is 19.8. The van der Waals surface area contributed by atoms with E-state index in [0.29, 0.717) is 0 Å². The number of aliphatic imine (C=N–C) groups is 1. The average molecular weight is 339 g/mol. The molecule has 0 unspecified atom stereocenters. The van der Waals surface area contributed by atoms with Crippen LogP contribution in [-0.4, -0.2) is 18.0 Å². The van der Waals surface area contributed by atoms with Crippen LogP contribution in [0.3, 0.4) is 0 Å². The van der Waals surface area contributed by atoms with Gasteiger partial charge in [0.05, 0.1) is 0 Å². The molecule has 0 heterocycles. The smallest absolute Gasteiger partial charge is 0.153 e. The van der Waals surface area contributed by atoms with Crippen molar-refractivity contribution in [1.82, 2.24) is 0 Å². The molecule has 0 amide bonds. The Morgan fingerprint density at radius 3 is 1.78 bits per heavy atom. The number of unbranched alkanes of at least 4 members (excludes halogenated alkanes) is 9. The number of hydrogen-bond acceptors (Lipinski definition) is 2. The molecule has 0 aliphatic heterocycles. The molecule has 0 rings (SSSR count). The summed E-state index contributed by atoms with van der Waals surface area (Å²) in [6, 6.07) is 0. The molecule has 0 fully saturated rings. The van der Waals surface area contributed by atoms with E-state index >= 15 is 0 Å². The summed E-state index contributed by atoms with van der Waals surface area (Å²) < 4.78 is 0. The second kappa shape index (κ2) is 17.3. The predicted molar refractivity (Wildman–Crippen MR) is 92.2 cm³/mol. The SMILES string of the molecule is Br.CCCCCCCCCCCCSC(N)=NC. The molecule has 4 heteroatoms. The van der Waals surface area contributed by atoms with Gasteiger partial charge < -0.3 is 5.73 Å². The van der Waals surface area contributed by atoms with Crippen LogP contribution in [0.5, 0.6) is 0 Å². The largest absolute Gasteiger partial charge is 0.379 e. The molecule has 0 aliphatic rings. The van der Waals surface area contributed by atoms with Gasteiger partial charge in [0.1, 0.15) is 0 Å². The minimum absolute atomic E-state index is 0. The molecule has 0 aromatic rings. The summed E-state index contributed by atoms with van der Waals surface area (Å²) in [5.74, 6) is 1.12. The lowest BCUT2D eigenvalue weighted by Gasteiger charge is -2.02. The molecule has 0 radical (unpaired) electrons. The number of nitrogens with zero attached hydrogens (tertiary/aromatic N) is 1. The molecule has 0 spiro atoms. The van der Waals surface area contributed by atoms with Gasteiger partial charge >= 0.3 is 0 Å². The van der Waals surface area contributed by atoms with Crippen molar-refractivity contribution in [3.05, 3.63) is 0 Å². The van der Waals surface area contributed by atoms with Crippen LogP contribution in [0.15, 0.2) is 4.99 Å². The van der Waals surface area contributed by atoms with Crippen molar-refractivity contribution in [2.75, 3.05) is 12.8 Å². The Labute approximate surface area is 128 Å². The quantitative estimate of drug-likeness (QED) is 0.321. The van der Waals surface area contributed by atoms with E-state index in [2.05, 4.69) is 11.9 Å². The van der Waals surface area contributed by atoms with Crippen molar-refractivity contribution in [3.63, 3.8) is 0 Å². The summed E-state index contributed by atoms with van der Waals surface area (Å²) in [7, 11) is 1.75. The minimum atomic E-state index is 0. The lowest BCUT2D eigenvalue weighted by Crippen LogP contribution is -2.06. The van der Waals surface area contributed by atoms with Crippen LogP contribution >= 0.6 is 28.7 Å². The summed E-state index contributed by atoms with van der Waals surface area (Å²) in [5.41, 5.74) is 5.61. The molecule has 2 nitrogen and oxygen atoms in total. The van der Waals surface area contributed by atoms with Gasteiger partial charge in [0.2, 0.25) is 0 Å². The first-order valence-corrected chi connectivity index (χ1v) is 8.15. The van der Waals surface area contributed by atoms with Crippen LogP contribution < -0.4 is 5.73 Å². The van der Waals surface area contributed by atoms with E-state index in [0.717, 1.165) is 10.9 Å². The van der Waals surface area contributed by atoms with Crippen LogP contribution in [0.4, 0.5) is 0 Å². The highest BCUT2D eigenvalue weighted by atomic mass is 79.9. The monoisotopic (exact) mass is 338 g/mol. The highest BCUT2D eigenvalue weighted by molar-refractivity contribution is 8.93. The summed E-state index contributed by atoms with van der Waals surface area (Å²) in [6.45, 7) is 2.27. The molecule has 2 N–H and O–H groups in total. The third-order valence-corrected chi connectivity index (χ3v) is 3.94. The van der Waals surface area contributed by atoms with Crippen LogP contribution in [0, 0.1) is 0 Å². The molecule has 18 heavy (non-hydrogen) atoms. The van der Waals surface area contributed by atoms with Crippen molar-refractivity contribution < 1.29 is 0 Å². The predicted octanol–water partition coefficient (Wildman–Crippen LogP) is 5.16. The molecule has 0 saturated heterocycles. The van der Waals surface area contributed by atoms with Crippen molar-refractivity contribution in [2.24, 2.45) is 10.7 Å².